The topological polar surface area (TPSA) is 40.6 Å². The highest BCUT2D eigenvalue weighted by atomic mass is 35.5. The van der Waals surface area contributed by atoms with Crippen LogP contribution < -0.4 is 0 Å². The maximum Gasteiger partial charge on any atom is 0.279 e. The summed E-state index contributed by atoms with van der Waals surface area (Å²) in [5, 5.41) is 0.102. The Hall–Kier alpha value is -1.81. The predicted octanol–water partition coefficient (Wildman–Crippen LogP) is 3.20. The third kappa shape index (κ3) is 2.53. The Morgan fingerprint density at radius 1 is 0.958 bits per heavy atom. The van der Waals surface area contributed by atoms with E-state index in [-0.39, 0.29) is 22.9 Å². The highest BCUT2D eigenvalue weighted by molar-refractivity contribution is 6.47. The van der Waals surface area contributed by atoms with Gasteiger partial charge in [0.1, 0.15) is 10.7 Å². The van der Waals surface area contributed by atoms with Crippen molar-refractivity contribution in [2.24, 2.45) is 0 Å². The fourth-order valence-corrected chi connectivity index (χ4v) is 4.43. The van der Waals surface area contributed by atoms with Gasteiger partial charge in [0.25, 0.3) is 11.8 Å². The van der Waals surface area contributed by atoms with E-state index in [1.807, 2.05) is 17.0 Å². The van der Waals surface area contributed by atoms with Crippen molar-refractivity contribution in [2.45, 2.75) is 51.1 Å². The zero-order valence-corrected chi connectivity index (χ0v) is 14.4. The van der Waals surface area contributed by atoms with Crippen LogP contribution in [0.5, 0.6) is 0 Å². The molecule has 0 bridgehead atoms. The number of imide groups is 1. The van der Waals surface area contributed by atoms with Gasteiger partial charge in [0.2, 0.25) is 0 Å². The van der Waals surface area contributed by atoms with Crippen LogP contribution >= 0.6 is 11.6 Å². The Kier molecular flexibility index (Phi) is 4.09. The van der Waals surface area contributed by atoms with Crippen molar-refractivity contribution in [3.05, 3.63) is 46.1 Å². The van der Waals surface area contributed by atoms with E-state index in [0.29, 0.717) is 12.2 Å². The third-order valence-corrected chi connectivity index (χ3v) is 5.76. The summed E-state index contributed by atoms with van der Waals surface area (Å²) in [6, 6.07) is 8.26. The standard InChI is InChI=1S/C19H21ClN2O2/c20-16-17(21-11-10-13-6-4-5-7-14(13)12-21)19(24)22(18(16)23)15-8-2-1-3-9-15/h4-7,15H,1-3,8-12H2. The molecule has 4 nitrogen and oxygen atoms in total. The fourth-order valence-electron chi connectivity index (χ4n) is 4.14. The van der Waals surface area contributed by atoms with Crippen molar-refractivity contribution in [1.82, 2.24) is 9.80 Å². The van der Waals surface area contributed by atoms with E-state index in [0.717, 1.165) is 38.6 Å². The van der Waals surface area contributed by atoms with Crippen molar-refractivity contribution in [3.63, 3.8) is 0 Å². The number of hydrogen-bond acceptors (Lipinski definition) is 3. The first-order valence-corrected chi connectivity index (χ1v) is 9.14. The molecule has 2 heterocycles. The molecule has 0 N–H and O–H groups in total. The molecule has 4 rings (SSSR count). The van der Waals surface area contributed by atoms with Crippen LogP contribution in [0.15, 0.2) is 35.0 Å². The molecule has 1 aromatic carbocycles. The number of fused-ring (bicyclic) bond motifs is 1. The molecular formula is C19H21ClN2O2. The Morgan fingerprint density at radius 2 is 1.67 bits per heavy atom. The molecule has 24 heavy (non-hydrogen) atoms. The molecule has 0 saturated heterocycles. The second kappa shape index (κ2) is 6.25. The number of halogens is 1. The molecule has 0 unspecified atom stereocenters. The molecule has 1 aromatic rings. The lowest BCUT2D eigenvalue weighted by Crippen LogP contribution is -2.44. The Morgan fingerprint density at radius 3 is 2.42 bits per heavy atom. The molecule has 126 valence electrons. The van der Waals surface area contributed by atoms with Gasteiger partial charge in [-0.05, 0) is 30.4 Å². The minimum absolute atomic E-state index is 0.0158. The van der Waals surface area contributed by atoms with Gasteiger partial charge in [-0.25, -0.2) is 0 Å². The zero-order chi connectivity index (χ0) is 16.7. The van der Waals surface area contributed by atoms with E-state index in [4.69, 9.17) is 11.6 Å². The van der Waals surface area contributed by atoms with Gasteiger partial charge in [-0.15, -0.1) is 0 Å². The number of rotatable bonds is 2. The van der Waals surface area contributed by atoms with Crippen LogP contribution in [0.4, 0.5) is 0 Å². The molecule has 1 fully saturated rings. The smallest absolute Gasteiger partial charge is 0.279 e. The second-order valence-corrected chi connectivity index (χ2v) is 7.25. The van der Waals surface area contributed by atoms with Gasteiger partial charge < -0.3 is 4.90 Å². The molecule has 5 heteroatoms. The first kappa shape index (κ1) is 15.7. The molecule has 3 aliphatic rings. The summed E-state index contributed by atoms with van der Waals surface area (Å²) in [5.41, 5.74) is 2.92. The van der Waals surface area contributed by atoms with E-state index in [1.54, 1.807) is 0 Å². The van der Waals surface area contributed by atoms with Crippen LogP contribution in [0.3, 0.4) is 0 Å². The van der Waals surface area contributed by atoms with Crippen LogP contribution in [-0.2, 0) is 22.6 Å². The number of hydrogen-bond donors (Lipinski definition) is 0. The number of nitrogens with zero attached hydrogens (tertiary/aromatic N) is 2. The maximum absolute atomic E-state index is 13.0. The van der Waals surface area contributed by atoms with Crippen LogP contribution in [0.25, 0.3) is 0 Å². The van der Waals surface area contributed by atoms with Gasteiger partial charge >= 0.3 is 0 Å². The third-order valence-electron chi connectivity index (χ3n) is 5.42. The lowest BCUT2D eigenvalue weighted by molar-refractivity contribution is -0.141. The SMILES string of the molecule is O=C1C(Cl)=C(N2CCc3ccccc3C2)C(=O)N1C1CCCCC1. The van der Waals surface area contributed by atoms with Gasteiger partial charge in [0, 0.05) is 19.1 Å². The number of carbonyl (C=O) groups is 2. The van der Waals surface area contributed by atoms with Crippen molar-refractivity contribution in [3.8, 4) is 0 Å². The van der Waals surface area contributed by atoms with Gasteiger partial charge in [-0.1, -0.05) is 55.1 Å². The van der Waals surface area contributed by atoms with Crippen LogP contribution in [-0.4, -0.2) is 34.2 Å². The molecule has 2 aliphatic heterocycles. The Bertz CT molecular complexity index is 722. The second-order valence-electron chi connectivity index (χ2n) is 6.87. The number of benzene rings is 1. The zero-order valence-electron chi connectivity index (χ0n) is 13.6. The largest absolute Gasteiger partial charge is 0.361 e. The Balaban J connectivity index is 1.59. The summed E-state index contributed by atoms with van der Waals surface area (Å²) < 4.78 is 0. The summed E-state index contributed by atoms with van der Waals surface area (Å²) in [6.45, 7) is 1.36. The highest BCUT2D eigenvalue weighted by Gasteiger charge is 2.44. The predicted molar refractivity (Wildman–Crippen MR) is 92.2 cm³/mol. The van der Waals surface area contributed by atoms with Crippen molar-refractivity contribution < 1.29 is 9.59 Å². The monoisotopic (exact) mass is 344 g/mol. The lowest BCUT2D eigenvalue weighted by atomic mass is 9.94. The maximum atomic E-state index is 13.0. The first-order chi connectivity index (χ1) is 11.7. The van der Waals surface area contributed by atoms with Crippen molar-refractivity contribution >= 4 is 23.4 Å². The minimum atomic E-state index is -0.303. The molecule has 0 aromatic heterocycles. The molecule has 0 spiro atoms. The van der Waals surface area contributed by atoms with E-state index in [9.17, 15) is 9.59 Å². The van der Waals surface area contributed by atoms with E-state index < -0.39 is 0 Å². The summed E-state index contributed by atoms with van der Waals surface area (Å²) >= 11 is 6.32. The normalized spacial score (nSPS) is 22.4. The average molecular weight is 345 g/mol. The molecular weight excluding hydrogens is 324 g/mol. The van der Waals surface area contributed by atoms with E-state index in [2.05, 4.69) is 12.1 Å². The van der Waals surface area contributed by atoms with Gasteiger partial charge in [0.05, 0.1) is 0 Å². The van der Waals surface area contributed by atoms with Crippen molar-refractivity contribution in [1.29, 1.82) is 0 Å². The van der Waals surface area contributed by atoms with Gasteiger partial charge in [-0.3, -0.25) is 14.5 Å². The van der Waals surface area contributed by atoms with Crippen molar-refractivity contribution in [2.75, 3.05) is 6.54 Å². The molecule has 1 aliphatic carbocycles. The van der Waals surface area contributed by atoms with Crippen LogP contribution in [0.2, 0.25) is 0 Å². The summed E-state index contributed by atoms with van der Waals surface area (Å²) in [4.78, 5) is 29.0. The minimum Gasteiger partial charge on any atom is -0.361 e. The summed E-state index contributed by atoms with van der Waals surface area (Å²) in [5.74, 6) is -0.501. The molecule has 2 amide bonds. The summed E-state index contributed by atoms with van der Waals surface area (Å²) in [7, 11) is 0. The molecule has 1 saturated carbocycles. The fraction of sp³-hybridized carbons (Fsp3) is 0.474. The van der Waals surface area contributed by atoms with E-state index >= 15 is 0 Å². The summed E-state index contributed by atoms with van der Waals surface area (Å²) in [6.07, 6.45) is 6.01. The number of amides is 2. The van der Waals surface area contributed by atoms with Crippen LogP contribution in [0.1, 0.15) is 43.2 Å². The average Bonchev–Trinajstić information content (AvgIpc) is 2.84. The highest BCUT2D eigenvalue weighted by Crippen LogP contribution is 2.34. The van der Waals surface area contributed by atoms with E-state index in [1.165, 1.54) is 22.4 Å². The molecule has 0 atom stereocenters. The number of carbonyl (C=O) groups excluding carboxylic acids is 2. The first-order valence-electron chi connectivity index (χ1n) is 8.76. The van der Waals surface area contributed by atoms with Gasteiger partial charge in [0.15, 0.2) is 0 Å². The van der Waals surface area contributed by atoms with Gasteiger partial charge in [-0.2, -0.15) is 0 Å². The quantitative estimate of drug-likeness (QED) is 0.774. The lowest BCUT2D eigenvalue weighted by Gasteiger charge is -2.33. The Labute approximate surface area is 147 Å². The van der Waals surface area contributed by atoms with Crippen LogP contribution in [0, 0.1) is 0 Å². The molecule has 0 radical (unpaired) electrons.